The summed E-state index contributed by atoms with van der Waals surface area (Å²) < 4.78 is 39.6. The van der Waals surface area contributed by atoms with Crippen molar-refractivity contribution in [2.24, 2.45) is 5.92 Å². The molecule has 21 heavy (non-hydrogen) atoms. The number of benzene rings is 1. The molecule has 1 saturated carbocycles. The summed E-state index contributed by atoms with van der Waals surface area (Å²) in [6.07, 6.45) is -1.94. The van der Waals surface area contributed by atoms with E-state index in [0.29, 0.717) is 5.75 Å². The van der Waals surface area contributed by atoms with Gasteiger partial charge in [-0.15, -0.1) is 0 Å². The molecule has 0 heterocycles. The maximum Gasteiger partial charge on any atom is 0.407 e. The Labute approximate surface area is 127 Å². The third-order valence-electron chi connectivity index (χ3n) is 3.45. The average Bonchev–Trinajstić information content (AvgIpc) is 3.26. The van der Waals surface area contributed by atoms with Crippen LogP contribution < -0.4 is 5.32 Å². The minimum Gasteiger partial charge on any atom is -0.395 e. The Bertz CT molecular complexity index is 423. The van der Waals surface area contributed by atoms with Crippen molar-refractivity contribution < 1.29 is 18.3 Å². The maximum atomic E-state index is 13.2. The second kappa shape index (κ2) is 7.51. The third kappa shape index (κ3) is 5.52. The van der Waals surface area contributed by atoms with Gasteiger partial charge in [0.05, 0.1) is 6.61 Å². The highest BCUT2D eigenvalue weighted by molar-refractivity contribution is 7.99. The molecule has 0 aliphatic heterocycles. The molecule has 2 N–H and O–H groups in total. The van der Waals surface area contributed by atoms with Gasteiger partial charge in [-0.05, 0) is 30.1 Å². The Morgan fingerprint density at radius 3 is 2.43 bits per heavy atom. The zero-order valence-electron chi connectivity index (χ0n) is 11.6. The van der Waals surface area contributed by atoms with Crippen LogP contribution in [0.4, 0.5) is 13.2 Å². The lowest BCUT2D eigenvalue weighted by Gasteiger charge is -2.26. The van der Waals surface area contributed by atoms with Crippen LogP contribution in [0.3, 0.4) is 0 Å². The number of aliphatic hydroxyl groups is 1. The molecule has 0 aromatic heterocycles. The average molecular weight is 319 g/mol. The number of halogens is 3. The summed E-state index contributed by atoms with van der Waals surface area (Å²) >= 11 is 1.61. The second-order valence-electron chi connectivity index (χ2n) is 5.41. The fraction of sp³-hybridized carbons (Fsp3) is 0.600. The Morgan fingerprint density at radius 1 is 1.24 bits per heavy atom. The molecule has 0 bridgehead atoms. The Balaban J connectivity index is 1.95. The molecule has 0 spiro atoms. The quantitative estimate of drug-likeness (QED) is 0.770. The van der Waals surface area contributed by atoms with Gasteiger partial charge in [-0.25, -0.2) is 0 Å². The molecular weight excluding hydrogens is 299 g/mol. The lowest BCUT2D eigenvalue weighted by Crippen LogP contribution is -2.43. The Kier molecular flexibility index (Phi) is 5.96. The van der Waals surface area contributed by atoms with E-state index in [2.05, 4.69) is 5.32 Å². The van der Waals surface area contributed by atoms with Crippen LogP contribution in [0.15, 0.2) is 30.3 Å². The second-order valence-corrected chi connectivity index (χ2v) is 6.49. The van der Waals surface area contributed by atoms with E-state index < -0.39 is 18.3 Å². The van der Waals surface area contributed by atoms with Crippen LogP contribution in [-0.4, -0.2) is 35.4 Å². The van der Waals surface area contributed by atoms with Gasteiger partial charge in [0.25, 0.3) is 0 Å². The monoisotopic (exact) mass is 319 g/mol. The van der Waals surface area contributed by atoms with Gasteiger partial charge in [0.1, 0.15) is 6.04 Å². The summed E-state index contributed by atoms with van der Waals surface area (Å²) in [5, 5.41) is 11.9. The first-order valence-electron chi connectivity index (χ1n) is 7.07. The lowest BCUT2D eigenvalue weighted by molar-refractivity contribution is -0.159. The largest absolute Gasteiger partial charge is 0.407 e. The highest BCUT2D eigenvalue weighted by atomic mass is 32.2. The van der Waals surface area contributed by atoms with Crippen LogP contribution in [0.2, 0.25) is 0 Å². The number of thioether (sulfide) groups is 1. The van der Waals surface area contributed by atoms with E-state index in [0.717, 1.165) is 11.7 Å². The zero-order chi connectivity index (χ0) is 15.3. The number of aliphatic hydroxyl groups excluding tert-OH is 1. The van der Waals surface area contributed by atoms with E-state index in [9.17, 15) is 18.3 Å². The van der Waals surface area contributed by atoms with E-state index in [-0.39, 0.29) is 12.2 Å². The predicted molar refractivity (Wildman–Crippen MR) is 79.3 cm³/mol. The fourth-order valence-corrected chi connectivity index (χ4v) is 3.36. The third-order valence-corrected chi connectivity index (χ3v) is 4.80. The number of hydrogen-bond acceptors (Lipinski definition) is 3. The molecule has 0 saturated heterocycles. The Hall–Kier alpha value is -0.720. The Morgan fingerprint density at radius 2 is 1.90 bits per heavy atom. The first kappa shape index (κ1) is 16.6. The lowest BCUT2D eigenvalue weighted by atomic mass is 10.1. The van der Waals surface area contributed by atoms with E-state index in [4.69, 9.17) is 0 Å². The van der Waals surface area contributed by atoms with Crippen molar-refractivity contribution in [3.8, 4) is 0 Å². The SMILES string of the molecule is OCC(CSCC1CC1)NC(c1ccccc1)C(F)(F)F. The molecule has 118 valence electrons. The van der Waals surface area contributed by atoms with Gasteiger partial charge in [0.2, 0.25) is 0 Å². The molecule has 1 fully saturated rings. The van der Waals surface area contributed by atoms with Crippen LogP contribution in [-0.2, 0) is 0 Å². The molecule has 0 radical (unpaired) electrons. The molecular formula is C15H20F3NOS. The number of hydrogen-bond donors (Lipinski definition) is 2. The van der Waals surface area contributed by atoms with Crippen LogP contribution >= 0.6 is 11.8 Å². The minimum atomic E-state index is -4.38. The van der Waals surface area contributed by atoms with Gasteiger partial charge in [0.15, 0.2) is 0 Å². The molecule has 2 rings (SSSR count). The summed E-state index contributed by atoms with van der Waals surface area (Å²) in [7, 11) is 0. The van der Waals surface area contributed by atoms with Crippen LogP contribution in [0.5, 0.6) is 0 Å². The summed E-state index contributed by atoms with van der Waals surface area (Å²) in [5.41, 5.74) is 0.177. The van der Waals surface area contributed by atoms with E-state index in [1.165, 1.54) is 25.0 Å². The van der Waals surface area contributed by atoms with Gasteiger partial charge in [0, 0.05) is 11.8 Å². The zero-order valence-corrected chi connectivity index (χ0v) is 12.5. The maximum absolute atomic E-state index is 13.2. The van der Waals surface area contributed by atoms with E-state index in [1.54, 1.807) is 30.0 Å². The van der Waals surface area contributed by atoms with Crippen molar-refractivity contribution in [1.82, 2.24) is 5.32 Å². The van der Waals surface area contributed by atoms with Crippen molar-refractivity contribution in [3.63, 3.8) is 0 Å². The van der Waals surface area contributed by atoms with Crippen molar-refractivity contribution in [3.05, 3.63) is 35.9 Å². The molecule has 1 aliphatic rings. The predicted octanol–water partition coefficient (Wildman–Crippen LogP) is 3.38. The van der Waals surface area contributed by atoms with Crippen molar-refractivity contribution >= 4 is 11.8 Å². The number of rotatable bonds is 8. The van der Waals surface area contributed by atoms with Crippen molar-refractivity contribution in [2.75, 3.05) is 18.1 Å². The smallest absolute Gasteiger partial charge is 0.395 e. The topological polar surface area (TPSA) is 32.3 Å². The van der Waals surface area contributed by atoms with Gasteiger partial charge in [-0.1, -0.05) is 30.3 Å². The van der Waals surface area contributed by atoms with Crippen molar-refractivity contribution in [1.29, 1.82) is 0 Å². The van der Waals surface area contributed by atoms with Gasteiger partial charge in [-0.3, -0.25) is 5.32 Å². The van der Waals surface area contributed by atoms with Gasteiger partial charge < -0.3 is 5.11 Å². The van der Waals surface area contributed by atoms with Gasteiger partial charge in [-0.2, -0.15) is 24.9 Å². The molecule has 1 aromatic rings. The van der Waals surface area contributed by atoms with Crippen LogP contribution in [0, 0.1) is 5.92 Å². The first-order valence-corrected chi connectivity index (χ1v) is 8.22. The highest BCUT2D eigenvalue weighted by Gasteiger charge is 2.41. The summed E-state index contributed by atoms with van der Waals surface area (Å²) in [5.74, 6) is 2.19. The molecule has 2 unspecified atom stereocenters. The molecule has 2 nitrogen and oxygen atoms in total. The van der Waals surface area contributed by atoms with E-state index >= 15 is 0 Å². The summed E-state index contributed by atoms with van der Waals surface area (Å²) in [4.78, 5) is 0. The number of alkyl halides is 3. The molecule has 2 atom stereocenters. The standard InChI is InChI=1S/C15H20F3NOS/c16-15(17,18)14(12-4-2-1-3-5-12)19-13(8-20)10-21-9-11-6-7-11/h1-5,11,13-14,19-20H,6-10H2. The van der Waals surface area contributed by atoms with Crippen LogP contribution in [0.1, 0.15) is 24.4 Å². The molecule has 0 amide bonds. The minimum absolute atomic E-state index is 0.177. The van der Waals surface area contributed by atoms with Crippen molar-refractivity contribution in [2.45, 2.75) is 31.1 Å². The molecule has 6 heteroatoms. The van der Waals surface area contributed by atoms with Gasteiger partial charge >= 0.3 is 6.18 Å². The van der Waals surface area contributed by atoms with E-state index in [1.807, 2.05) is 0 Å². The summed E-state index contributed by atoms with van der Waals surface area (Å²) in [6.45, 7) is -0.295. The number of nitrogens with one attached hydrogen (secondary N) is 1. The molecule has 1 aliphatic carbocycles. The summed E-state index contributed by atoms with van der Waals surface area (Å²) in [6, 6.07) is 5.48. The highest BCUT2D eigenvalue weighted by Crippen LogP contribution is 2.34. The fourth-order valence-electron chi connectivity index (χ4n) is 2.08. The normalized spacial score (nSPS) is 18.5. The first-order chi connectivity index (χ1) is 10.0. The van der Waals surface area contributed by atoms with Crippen LogP contribution in [0.25, 0.3) is 0 Å². The molecule has 1 aromatic carbocycles.